The van der Waals surface area contributed by atoms with Crippen LogP contribution in [0.3, 0.4) is 0 Å². The van der Waals surface area contributed by atoms with Crippen molar-refractivity contribution in [2.75, 3.05) is 25.0 Å². The van der Waals surface area contributed by atoms with Gasteiger partial charge in [0.15, 0.2) is 0 Å². The fraction of sp³-hybridized carbons (Fsp3) is 0.538. The smallest absolute Gasteiger partial charge is 0.362 e. The van der Waals surface area contributed by atoms with Crippen molar-refractivity contribution >= 4 is 17.3 Å². The number of rotatable bonds is 6. The summed E-state index contributed by atoms with van der Waals surface area (Å²) in [5, 5.41) is 3.41. The van der Waals surface area contributed by atoms with Crippen LogP contribution in [0.5, 0.6) is 0 Å². The molecule has 108 valence electrons. The molecule has 6 heteroatoms. The molecule has 1 aromatic carbocycles. The van der Waals surface area contributed by atoms with Gasteiger partial charge in [0.05, 0.1) is 0 Å². The molecule has 1 N–H and O–H groups in total. The van der Waals surface area contributed by atoms with E-state index in [1.807, 2.05) is 6.92 Å². The summed E-state index contributed by atoms with van der Waals surface area (Å²) < 4.78 is 37.9. The maximum absolute atomic E-state index is 12.6. The molecule has 0 aliphatic carbocycles. The first-order valence-electron chi connectivity index (χ1n) is 6.12. The van der Waals surface area contributed by atoms with Crippen molar-refractivity contribution in [1.82, 2.24) is 5.32 Å². The van der Waals surface area contributed by atoms with E-state index in [1.165, 1.54) is 4.90 Å². The van der Waals surface area contributed by atoms with Gasteiger partial charge in [0, 0.05) is 29.4 Å². The molecular weight excluding hydrogens is 277 g/mol. The summed E-state index contributed by atoms with van der Waals surface area (Å²) >= 11 is 6.08. The summed E-state index contributed by atoms with van der Waals surface area (Å²) in [5.41, 5.74) is 1.24. The number of hydrogen-bond donors (Lipinski definition) is 1. The van der Waals surface area contributed by atoms with Crippen LogP contribution in [0.1, 0.15) is 18.9 Å². The van der Waals surface area contributed by atoms with E-state index in [1.54, 1.807) is 25.2 Å². The summed E-state index contributed by atoms with van der Waals surface area (Å²) in [6.45, 7) is 1.67. The number of nitrogens with one attached hydrogen (secondary N) is 1. The van der Waals surface area contributed by atoms with Gasteiger partial charge in [0.1, 0.15) is 6.54 Å². The normalized spacial score (nSPS) is 11.7. The molecule has 0 bridgehead atoms. The molecule has 0 saturated heterocycles. The van der Waals surface area contributed by atoms with E-state index in [0.29, 0.717) is 35.8 Å². The molecule has 0 radical (unpaired) electrons. The molecule has 0 saturated carbocycles. The van der Waals surface area contributed by atoms with Gasteiger partial charge < -0.3 is 10.2 Å². The van der Waals surface area contributed by atoms with Crippen LogP contribution in [-0.2, 0) is 6.54 Å². The van der Waals surface area contributed by atoms with Crippen molar-refractivity contribution in [3.05, 3.63) is 28.8 Å². The summed E-state index contributed by atoms with van der Waals surface area (Å²) in [6, 6.07) is 5.05. The Morgan fingerprint density at radius 2 is 2.00 bits per heavy atom. The van der Waals surface area contributed by atoms with Crippen molar-refractivity contribution < 1.29 is 13.2 Å². The maximum atomic E-state index is 12.6. The summed E-state index contributed by atoms with van der Waals surface area (Å²) in [7, 11) is 1.74. The molecule has 0 unspecified atom stereocenters. The van der Waals surface area contributed by atoms with Crippen LogP contribution in [0, 0.1) is 0 Å². The van der Waals surface area contributed by atoms with Crippen LogP contribution in [-0.4, -0.2) is 26.3 Å². The van der Waals surface area contributed by atoms with E-state index in [0.717, 1.165) is 0 Å². The van der Waals surface area contributed by atoms with E-state index in [2.05, 4.69) is 5.32 Å². The quantitative estimate of drug-likeness (QED) is 0.857. The van der Waals surface area contributed by atoms with E-state index in [9.17, 15) is 13.2 Å². The van der Waals surface area contributed by atoms with Gasteiger partial charge in [-0.1, -0.05) is 24.6 Å². The van der Waals surface area contributed by atoms with Gasteiger partial charge in [-0.25, -0.2) is 0 Å². The standard InChI is InChI=1S/C13H18ClF3N2/c1-3-7-19(9-13(15,16)17)12-6-4-5-11(14)10(12)8-18-2/h4-6,18H,3,7-9H2,1-2H3. The van der Waals surface area contributed by atoms with Crippen LogP contribution >= 0.6 is 11.6 Å². The number of hydrogen-bond acceptors (Lipinski definition) is 2. The van der Waals surface area contributed by atoms with Crippen molar-refractivity contribution in [2.24, 2.45) is 0 Å². The second-order valence-corrected chi connectivity index (χ2v) is 4.71. The lowest BCUT2D eigenvalue weighted by atomic mass is 10.1. The largest absolute Gasteiger partial charge is 0.405 e. The zero-order valence-corrected chi connectivity index (χ0v) is 11.8. The first-order chi connectivity index (χ1) is 8.89. The highest BCUT2D eigenvalue weighted by molar-refractivity contribution is 6.31. The van der Waals surface area contributed by atoms with Gasteiger partial charge in [-0.2, -0.15) is 13.2 Å². The minimum atomic E-state index is -4.23. The lowest BCUT2D eigenvalue weighted by Crippen LogP contribution is -2.35. The molecule has 0 fully saturated rings. The average molecular weight is 295 g/mol. The minimum absolute atomic E-state index is 0.344. The lowest BCUT2D eigenvalue weighted by Gasteiger charge is -2.28. The Morgan fingerprint density at radius 3 is 2.53 bits per heavy atom. The Bertz CT molecular complexity index is 407. The second-order valence-electron chi connectivity index (χ2n) is 4.30. The third-order valence-electron chi connectivity index (χ3n) is 2.65. The monoisotopic (exact) mass is 294 g/mol. The number of nitrogens with zero attached hydrogens (tertiary/aromatic N) is 1. The van der Waals surface area contributed by atoms with Crippen molar-refractivity contribution in [2.45, 2.75) is 26.1 Å². The number of alkyl halides is 3. The summed E-state index contributed by atoms with van der Waals surface area (Å²) in [6.07, 6.45) is -3.59. The summed E-state index contributed by atoms with van der Waals surface area (Å²) in [4.78, 5) is 1.33. The zero-order chi connectivity index (χ0) is 14.5. The van der Waals surface area contributed by atoms with Gasteiger partial charge in [0.25, 0.3) is 0 Å². The average Bonchev–Trinajstić information content (AvgIpc) is 2.30. The Balaban J connectivity index is 3.10. The van der Waals surface area contributed by atoms with E-state index in [-0.39, 0.29) is 0 Å². The highest BCUT2D eigenvalue weighted by atomic mass is 35.5. The van der Waals surface area contributed by atoms with Crippen LogP contribution in [0.15, 0.2) is 18.2 Å². The molecular formula is C13H18ClF3N2. The van der Waals surface area contributed by atoms with Crippen LogP contribution in [0.4, 0.5) is 18.9 Å². The molecule has 2 nitrogen and oxygen atoms in total. The molecule has 0 amide bonds. The predicted molar refractivity (Wildman–Crippen MR) is 72.8 cm³/mol. The highest BCUT2D eigenvalue weighted by Crippen LogP contribution is 2.30. The fourth-order valence-electron chi connectivity index (χ4n) is 1.97. The van der Waals surface area contributed by atoms with Crippen LogP contribution in [0.25, 0.3) is 0 Å². The molecule has 0 aliphatic heterocycles. The lowest BCUT2D eigenvalue weighted by molar-refractivity contribution is -0.119. The summed E-state index contributed by atoms with van der Waals surface area (Å²) in [5.74, 6) is 0. The molecule has 0 spiro atoms. The fourth-order valence-corrected chi connectivity index (χ4v) is 2.20. The maximum Gasteiger partial charge on any atom is 0.405 e. The predicted octanol–water partition coefficient (Wildman–Crippen LogP) is 3.84. The number of benzene rings is 1. The number of anilines is 1. The zero-order valence-electron chi connectivity index (χ0n) is 11.0. The molecule has 1 rings (SSSR count). The Kier molecular flexibility index (Phi) is 5.94. The highest BCUT2D eigenvalue weighted by Gasteiger charge is 2.31. The molecule has 19 heavy (non-hydrogen) atoms. The first kappa shape index (κ1) is 16.1. The van der Waals surface area contributed by atoms with E-state index >= 15 is 0 Å². The molecule has 0 aliphatic rings. The Labute approximate surface area is 116 Å². The molecule has 0 aromatic heterocycles. The van der Waals surface area contributed by atoms with Gasteiger partial charge in [-0.3, -0.25) is 0 Å². The number of halogens is 4. The van der Waals surface area contributed by atoms with Gasteiger partial charge in [-0.05, 0) is 25.6 Å². The van der Waals surface area contributed by atoms with Gasteiger partial charge in [-0.15, -0.1) is 0 Å². The third kappa shape index (κ3) is 4.91. The minimum Gasteiger partial charge on any atom is -0.362 e. The molecule has 0 heterocycles. The van der Waals surface area contributed by atoms with E-state index in [4.69, 9.17) is 11.6 Å². The Hall–Kier alpha value is -0.940. The van der Waals surface area contributed by atoms with Crippen molar-refractivity contribution in [1.29, 1.82) is 0 Å². The van der Waals surface area contributed by atoms with Crippen LogP contribution < -0.4 is 10.2 Å². The molecule has 0 atom stereocenters. The third-order valence-corrected chi connectivity index (χ3v) is 3.01. The topological polar surface area (TPSA) is 15.3 Å². The van der Waals surface area contributed by atoms with E-state index < -0.39 is 12.7 Å². The Morgan fingerprint density at radius 1 is 1.32 bits per heavy atom. The van der Waals surface area contributed by atoms with Crippen molar-refractivity contribution in [3.63, 3.8) is 0 Å². The van der Waals surface area contributed by atoms with Gasteiger partial charge in [0.2, 0.25) is 0 Å². The van der Waals surface area contributed by atoms with Crippen LogP contribution in [0.2, 0.25) is 5.02 Å². The van der Waals surface area contributed by atoms with Gasteiger partial charge >= 0.3 is 6.18 Å². The molecule has 1 aromatic rings. The first-order valence-corrected chi connectivity index (χ1v) is 6.50. The van der Waals surface area contributed by atoms with Crippen molar-refractivity contribution in [3.8, 4) is 0 Å². The SMILES string of the molecule is CCCN(CC(F)(F)F)c1cccc(Cl)c1CNC. The second kappa shape index (κ2) is 7.01.